The number of rotatable bonds is 3. The smallest absolute Gasteiger partial charge is 0.410 e. The molecule has 2 aromatic rings. The van der Waals surface area contributed by atoms with Crippen LogP contribution in [0.25, 0.3) is 0 Å². The van der Waals surface area contributed by atoms with Gasteiger partial charge in [0.05, 0.1) is 19.3 Å². The van der Waals surface area contributed by atoms with E-state index in [0.717, 1.165) is 22.6 Å². The first-order chi connectivity index (χ1) is 13.2. The molecule has 0 saturated carbocycles. The van der Waals surface area contributed by atoms with Crippen LogP contribution >= 0.6 is 0 Å². The predicted molar refractivity (Wildman–Crippen MR) is 105 cm³/mol. The molecule has 1 aromatic carbocycles. The molecular weight excluding hydrogens is 360 g/mol. The summed E-state index contributed by atoms with van der Waals surface area (Å²) in [5.74, 6) is 0.989. The molecule has 0 aliphatic carbocycles. The van der Waals surface area contributed by atoms with Crippen molar-refractivity contribution in [1.82, 2.24) is 15.1 Å². The summed E-state index contributed by atoms with van der Waals surface area (Å²) in [4.78, 5) is 26.5. The molecule has 3 rings (SSSR count). The van der Waals surface area contributed by atoms with Gasteiger partial charge in [-0.3, -0.25) is 9.89 Å². The summed E-state index contributed by atoms with van der Waals surface area (Å²) in [6, 6.07) is 5.25. The Morgan fingerprint density at radius 1 is 1.29 bits per heavy atom. The topological polar surface area (TPSA) is 96.5 Å². The molecule has 1 aromatic heterocycles. The number of ether oxygens (including phenoxy) is 2. The second-order valence-electron chi connectivity index (χ2n) is 7.82. The number of anilines is 1. The maximum absolute atomic E-state index is 12.6. The molecule has 1 aliphatic heterocycles. The molecule has 0 atom stereocenters. The summed E-state index contributed by atoms with van der Waals surface area (Å²) in [5.41, 5.74) is 2.59. The highest BCUT2D eigenvalue weighted by Crippen LogP contribution is 2.26. The van der Waals surface area contributed by atoms with E-state index in [9.17, 15) is 9.59 Å². The summed E-state index contributed by atoms with van der Waals surface area (Å²) < 4.78 is 10.7. The van der Waals surface area contributed by atoms with Gasteiger partial charge in [-0.05, 0) is 57.9 Å². The maximum atomic E-state index is 12.6. The zero-order chi connectivity index (χ0) is 20.5. The highest BCUT2D eigenvalue weighted by Gasteiger charge is 2.28. The second-order valence-corrected chi connectivity index (χ2v) is 7.82. The predicted octanol–water partition coefficient (Wildman–Crippen LogP) is 3.27. The third kappa shape index (κ3) is 4.27. The quantitative estimate of drug-likeness (QED) is 0.844. The standard InChI is InChI=1S/C20H26N4O4/c1-12-10-13(6-7-16(12)27-5)18(25)21-17-14-8-9-24(11-15(14)22-23-17)19(26)28-20(2,3)4/h6-7,10H,8-9,11H2,1-5H3,(H2,21,22,23,25). The molecule has 0 radical (unpaired) electrons. The van der Waals surface area contributed by atoms with Crippen LogP contribution in [-0.2, 0) is 17.7 Å². The minimum atomic E-state index is -0.541. The first-order valence-corrected chi connectivity index (χ1v) is 9.18. The number of carbonyl (C=O) groups excluding carboxylic acids is 2. The number of fused-ring (bicyclic) bond motifs is 1. The molecular formula is C20H26N4O4. The van der Waals surface area contributed by atoms with E-state index in [-0.39, 0.29) is 12.0 Å². The normalized spacial score (nSPS) is 13.7. The summed E-state index contributed by atoms with van der Waals surface area (Å²) in [5, 5.41) is 10.0. The molecule has 0 unspecified atom stereocenters. The van der Waals surface area contributed by atoms with Crippen LogP contribution in [0.1, 0.15) is 48.0 Å². The molecule has 8 heteroatoms. The van der Waals surface area contributed by atoms with E-state index >= 15 is 0 Å². The second kappa shape index (κ2) is 7.53. The Bertz CT molecular complexity index is 898. The van der Waals surface area contributed by atoms with Crippen molar-refractivity contribution in [3.63, 3.8) is 0 Å². The molecule has 8 nitrogen and oxygen atoms in total. The first kappa shape index (κ1) is 19.7. The lowest BCUT2D eigenvalue weighted by atomic mass is 10.1. The largest absolute Gasteiger partial charge is 0.496 e. The number of nitrogens with zero attached hydrogens (tertiary/aromatic N) is 2. The van der Waals surface area contributed by atoms with Gasteiger partial charge in [0.25, 0.3) is 5.91 Å². The molecule has 1 aliphatic rings. The van der Waals surface area contributed by atoms with Crippen molar-refractivity contribution in [2.24, 2.45) is 0 Å². The van der Waals surface area contributed by atoms with Gasteiger partial charge in [-0.1, -0.05) is 0 Å². The van der Waals surface area contributed by atoms with Crippen molar-refractivity contribution in [2.75, 3.05) is 19.0 Å². The van der Waals surface area contributed by atoms with Gasteiger partial charge in [-0.2, -0.15) is 5.10 Å². The van der Waals surface area contributed by atoms with Gasteiger partial charge < -0.3 is 19.7 Å². The van der Waals surface area contributed by atoms with Gasteiger partial charge in [-0.15, -0.1) is 0 Å². The van der Waals surface area contributed by atoms with Crippen molar-refractivity contribution in [3.05, 3.63) is 40.6 Å². The van der Waals surface area contributed by atoms with Crippen LogP contribution in [0.5, 0.6) is 5.75 Å². The van der Waals surface area contributed by atoms with Gasteiger partial charge in [-0.25, -0.2) is 4.79 Å². The number of aromatic amines is 1. The van der Waals surface area contributed by atoms with Crippen molar-refractivity contribution in [3.8, 4) is 5.75 Å². The van der Waals surface area contributed by atoms with Crippen LogP contribution in [0.2, 0.25) is 0 Å². The Balaban J connectivity index is 1.70. The summed E-state index contributed by atoms with van der Waals surface area (Å²) in [6.07, 6.45) is 0.231. The highest BCUT2D eigenvalue weighted by molar-refractivity contribution is 6.04. The number of hydrogen-bond acceptors (Lipinski definition) is 5. The molecule has 150 valence electrons. The van der Waals surface area contributed by atoms with E-state index in [4.69, 9.17) is 9.47 Å². The molecule has 0 fully saturated rings. The van der Waals surface area contributed by atoms with E-state index in [2.05, 4.69) is 15.5 Å². The molecule has 0 bridgehead atoms. The fourth-order valence-electron chi connectivity index (χ4n) is 3.10. The average Bonchev–Trinajstić information content (AvgIpc) is 3.02. The number of carbonyl (C=O) groups is 2. The number of aryl methyl sites for hydroxylation is 1. The fraction of sp³-hybridized carbons (Fsp3) is 0.450. The molecule has 2 heterocycles. The Morgan fingerprint density at radius 2 is 2.04 bits per heavy atom. The van der Waals surface area contributed by atoms with Gasteiger partial charge in [0, 0.05) is 17.7 Å². The van der Waals surface area contributed by atoms with E-state index in [0.29, 0.717) is 30.9 Å². The molecule has 2 amide bonds. The van der Waals surface area contributed by atoms with Crippen molar-refractivity contribution in [1.29, 1.82) is 0 Å². The van der Waals surface area contributed by atoms with Crippen LogP contribution in [0.3, 0.4) is 0 Å². The van der Waals surface area contributed by atoms with E-state index in [1.54, 1.807) is 30.2 Å². The van der Waals surface area contributed by atoms with E-state index in [1.807, 2.05) is 27.7 Å². The Kier molecular flexibility index (Phi) is 5.31. The van der Waals surface area contributed by atoms with Gasteiger partial charge in [0.2, 0.25) is 0 Å². The van der Waals surface area contributed by atoms with Crippen molar-refractivity contribution < 1.29 is 19.1 Å². The average molecular weight is 386 g/mol. The van der Waals surface area contributed by atoms with Gasteiger partial charge in [0.1, 0.15) is 11.4 Å². The molecule has 0 saturated heterocycles. The number of methoxy groups -OCH3 is 1. The number of nitrogens with one attached hydrogen (secondary N) is 2. The zero-order valence-corrected chi connectivity index (χ0v) is 16.9. The molecule has 0 spiro atoms. The monoisotopic (exact) mass is 386 g/mol. The highest BCUT2D eigenvalue weighted by atomic mass is 16.6. The minimum Gasteiger partial charge on any atom is -0.496 e. The number of H-pyrrole nitrogens is 1. The molecule has 28 heavy (non-hydrogen) atoms. The van der Waals surface area contributed by atoms with Gasteiger partial charge in [0.15, 0.2) is 5.82 Å². The van der Waals surface area contributed by atoms with Crippen molar-refractivity contribution >= 4 is 17.8 Å². The Morgan fingerprint density at radius 3 is 2.68 bits per heavy atom. The van der Waals surface area contributed by atoms with Crippen LogP contribution in [-0.4, -0.2) is 46.4 Å². The zero-order valence-electron chi connectivity index (χ0n) is 16.9. The lowest BCUT2D eigenvalue weighted by molar-refractivity contribution is 0.0221. The fourth-order valence-corrected chi connectivity index (χ4v) is 3.10. The third-order valence-corrected chi connectivity index (χ3v) is 4.47. The van der Waals surface area contributed by atoms with Crippen LogP contribution in [0.15, 0.2) is 18.2 Å². The number of amides is 2. The summed E-state index contributed by atoms with van der Waals surface area (Å²) in [6.45, 7) is 8.28. The lowest BCUT2D eigenvalue weighted by Crippen LogP contribution is -2.39. The Labute approximate surface area is 164 Å². The lowest BCUT2D eigenvalue weighted by Gasteiger charge is -2.29. The number of aromatic nitrogens is 2. The summed E-state index contributed by atoms with van der Waals surface area (Å²) >= 11 is 0. The van der Waals surface area contributed by atoms with Crippen LogP contribution < -0.4 is 10.1 Å². The first-order valence-electron chi connectivity index (χ1n) is 9.18. The van der Waals surface area contributed by atoms with Crippen LogP contribution in [0, 0.1) is 6.92 Å². The maximum Gasteiger partial charge on any atom is 0.410 e. The summed E-state index contributed by atoms with van der Waals surface area (Å²) in [7, 11) is 1.60. The van der Waals surface area contributed by atoms with Crippen molar-refractivity contribution in [2.45, 2.75) is 46.3 Å². The molecule has 2 N–H and O–H groups in total. The van der Waals surface area contributed by atoms with Crippen LogP contribution in [0.4, 0.5) is 10.6 Å². The minimum absolute atomic E-state index is 0.241. The van der Waals surface area contributed by atoms with Gasteiger partial charge >= 0.3 is 6.09 Å². The number of benzene rings is 1. The SMILES string of the molecule is COc1ccc(C(=O)Nc2n[nH]c3c2CCN(C(=O)OC(C)(C)C)C3)cc1C. The Hall–Kier alpha value is -3.03. The number of hydrogen-bond donors (Lipinski definition) is 2. The third-order valence-electron chi connectivity index (χ3n) is 4.47. The van der Waals surface area contributed by atoms with E-state index < -0.39 is 5.60 Å². The van der Waals surface area contributed by atoms with E-state index in [1.165, 1.54) is 0 Å².